The van der Waals surface area contributed by atoms with Crippen LogP contribution in [0, 0.1) is 0 Å². The Labute approximate surface area is 123 Å². The van der Waals surface area contributed by atoms with Crippen LogP contribution in [0.1, 0.15) is 25.7 Å². The first kappa shape index (κ1) is 14.8. The van der Waals surface area contributed by atoms with Gasteiger partial charge in [-0.15, -0.1) is 0 Å². The number of pyridine rings is 1. The number of nitrogens with two attached hydrogens (primary N) is 2. The molecule has 2 aromatic heterocycles. The van der Waals surface area contributed by atoms with Crippen LogP contribution >= 0.6 is 0 Å². The van der Waals surface area contributed by atoms with Crippen LogP contribution in [0.2, 0.25) is 0 Å². The van der Waals surface area contributed by atoms with Crippen LogP contribution in [0.15, 0.2) is 35.7 Å². The number of hydrazone groups is 1. The average molecular weight is 288 g/mol. The quantitative estimate of drug-likeness (QED) is 0.224. The molecule has 0 aromatic carbocycles. The smallest absolute Gasteiger partial charge is 0.137 e. The van der Waals surface area contributed by atoms with Crippen LogP contribution in [0.3, 0.4) is 0 Å². The third kappa shape index (κ3) is 4.79. The summed E-state index contributed by atoms with van der Waals surface area (Å²) in [5.74, 6) is 6.32. The fraction of sp³-hybridized carbons (Fsp3) is 0.357. The molecular formula is C14H20N6O. The summed E-state index contributed by atoms with van der Waals surface area (Å²) in [4.78, 5) is 4.33. The SMILES string of the molecule is N/N=C(\N)CCCCCOc1ccc(-c2ccn[nH]2)nc1. The van der Waals surface area contributed by atoms with E-state index in [1.807, 2.05) is 18.2 Å². The average Bonchev–Trinajstić information content (AvgIpc) is 3.05. The van der Waals surface area contributed by atoms with Gasteiger partial charge in [-0.1, -0.05) is 0 Å². The summed E-state index contributed by atoms with van der Waals surface area (Å²) in [6.45, 7) is 0.657. The normalized spacial score (nSPS) is 11.5. The summed E-state index contributed by atoms with van der Waals surface area (Å²) in [5.41, 5.74) is 7.24. The van der Waals surface area contributed by atoms with Gasteiger partial charge in [0.2, 0.25) is 0 Å². The molecule has 2 heterocycles. The summed E-state index contributed by atoms with van der Waals surface area (Å²) < 4.78 is 5.64. The molecule has 0 spiro atoms. The van der Waals surface area contributed by atoms with Gasteiger partial charge in [-0.05, 0) is 37.5 Å². The van der Waals surface area contributed by atoms with Crippen LogP contribution < -0.4 is 16.3 Å². The van der Waals surface area contributed by atoms with Gasteiger partial charge in [0.25, 0.3) is 0 Å². The van der Waals surface area contributed by atoms with Crippen molar-refractivity contribution in [3.8, 4) is 17.1 Å². The molecule has 0 aliphatic rings. The molecule has 21 heavy (non-hydrogen) atoms. The highest BCUT2D eigenvalue weighted by Gasteiger charge is 2.01. The number of aromatic nitrogens is 3. The van der Waals surface area contributed by atoms with Gasteiger partial charge >= 0.3 is 0 Å². The second kappa shape index (κ2) is 7.88. The molecule has 0 aliphatic carbocycles. The van der Waals surface area contributed by atoms with Gasteiger partial charge in [0.1, 0.15) is 11.6 Å². The number of H-pyrrole nitrogens is 1. The van der Waals surface area contributed by atoms with E-state index in [1.54, 1.807) is 12.4 Å². The Morgan fingerprint density at radius 1 is 1.24 bits per heavy atom. The second-order valence-corrected chi connectivity index (χ2v) is 4.63. The molecule has 0 saturated heterocycles. The molecule has 0 fully saturated rings. The maximum Gasteiger partial charge on any atom is 0.137 e. The van der Waals surface area contributed by atoms with E-state index in [0.29, 0.717) is 12.4 Å². The zero-order chi connectivity index (χ0) is 14.9. The van der Waals surface area contributed by atoms with E-state index in [1.165, 1.54) is 0 Å². The molecule has 0 atom stereocenters. The lowest BCUT2D eigenvalue weighted by molar-refractivity contribution is 0.304. The minimum Gasteiger partial charge on any atom is -0.492 e. The van der Waals surface area contributed by atoms with Crippen LogP contribution in [0.5, 0.6) is 5.75 Å². The highest BCUT2D eigenvalue weighted by Crippen LogP contribution is 2.17. The van der Waals surface area contributed by atoms with Gasteiger partial charge in [0.15, 0.2) is 0 Å². The van der Waals surface area contributed by atoms with Gasteiger partial charge in [0.05, 0.1) is 24.2 Å². The molecule has 0 aliphatic heterocycles. The molecule has 2 aromatic rings. The van der Waals surface area contributed by atoms with Gasteiger partial charge in [-0.2, -0.15) is 10.2 Å². The second-order valence-electron chi connectivity index (χ2n) is 4.63. The first-order valence-corrected chi connectivity index (χ1v) is 6.90. The van der Waals surface area contributed by atoms with Crippen molar-refractivity contribution in [3.63, 3.8) is 0 Å². The number of unbranched alkanes of at least 4 members (excludes halogenated alkanes) is 2. The van der Waals surface area contributed by atoms with E-state index in [2.05, 4.69) is 20.3 Å². The Bertz CT molecular complexity index is 549. The Balaban J connectivity index is 1.67. The van der Waals surface area contributed by atoms with E-state index >= 15 is 0 Å². The molecule has 5 N–H and O–H groups in total. The first-order chi connectivity index (χ1) is 10.3. The van der Waals surface area contributed by atoms with Crippen LogP contribution in [0.4, 0.5) is 0 Å². The number of hydrogen-bond donors (Lipinski definition) is 3. The summed E-state index contributed by atoms with van der Waals surface area (Å²) in [5, 5.41) is 10.2. The Morgan fingerprint density at radius 2 is 2.14 bits per heavy atom. The fourth-order valence-electron chi connectivity index (χ4n) is 1.86. The van der Waals surface area contributed by atoms with Gasteiger partial charge in [0, 0.05) is 12.6 Å². The topological polar surface area (TPSA) is 115 Å². The minimum atomic E-state index is 0.495. The van der Waals surface area contributed by atoms with Crippen molar-refractivity contribution in [3.05, 3.63) is 30.6 Å². The predicted molar refractivity (Wildman–Crippen MR) is 81.6 cm³/mol. The molecule has 112 valence electrons. The van der Waals surface area contributed by atoms with Crippen molar-refractivity contribution in [1.82, 2.24) is 15.2 Å². The van der Waals surface area contributed by atoms with Crippen molar-refractivity contribution in [2.24, 2.45) is 16.7 Å². The Morgan fingerprint density at radius 3 is 2.81 bits per heavy atom. The maximum absolute atomic E-state index is 5.64. The third-order valence-corrected chi connectivity index (χ3v) is 3.02. The highest BCUT2D eigenvalue weighted by molar-refractivity contribution is 5.79. The number of ether oxygens (including phenoxy) is 1. The van der Waals surface area contributed by atoms with Crippen molar-refractivity contribution < 1.29 is 4.74 Å². The van der Waals surface area contributed by atoms with Crippen molar-refractivity contribution in [2.45, 2.75) is 25.7 Å². The third-order valence-electron chi connectivity index (χ3n) is 3.02. The molecule has 7 nitrogen and oxygen atoms in total. The van der Waals surface area contributed by atoms with Crippen molar-refractivity contribution >= 4 is 5.84 Å². The molecule has 7 heteroatoms. The van der Waals surface area contributed by atoms with Gasteiger partial charge < -0.3 is 16.3 Å². The lowest BCUT2D eigenvalue weighted by Gasteiger charge is -2.06. The highest BCUT2D eigenvalue weighted by atomic mass is 16.5. The molecule has 0 bridgehead atoms. The monoisotopic (exact) mass is 288 g/mol. The summed E-state index contributed by atoms with van der Waals surface area (Å²) >= 11 is 0. The summed E-state index contributed by atoms with van der Waals surface area (Å²) in [6, 6.07) is 5.68. The van der Waals surface area contributed by atoms with E-state index in [9.17, 15) is 0 Å². The zero-order valence-electron chi connectivity index (χ0n) is 11.8. The molecule has 0 unspecified atom stereocenters. The van der Waals surface area contributed by atoms with Crippen molar-refractivity contribution in [2.75, 3.05) is 6.61 Å². The van der Waals surface area contributed by atoms with E-state index < -0.39 is 0 Å². The lowest BCUT2D eigenvalue weighted by Crippen LogP contribution is -2.13. The molecule has 0 amide bonds. The fourth-order valence-corrected chi connectivity index (χ4v) is 1.86. The lowest BCUT2D eigenvalue weighted by atomic mass is 10.2. The number of rotatable bonds is 8. The molecule has 0 saturated carbocycles. The first-order valence-electron chi connectivity index (χ1n) is 6.90. The van der Waals surface area contributed by atoms with E-state index in [-0.39, 0.29) is 0 Å². The standard InChI is InChI=1S/C14H20N6O/c15-14(19-16)4-2-1-3-9-21-11-5-6-12(17-10-11)13-7-8-18-20-13/h5-8,10H,1-4,9,16H2,(H2,15,19)(H,18,20). The number of amidine groups is 1. The summed E-state index contributed by atoms with van der Waals surface area (Å²) in [7, 11) is 0. The predicted octanol–water partition coefficient (Wildman–Crippen LogP) is 1.64. The maximum atomic E-state index is 5.64. The zero-order valence-corrected chi connectivity index (χ0v) is 11.8. The minimum absolute atomic E-state index is 0.495. The number of hydrogen-bond acceptors (Lipinski definition) is 5. The molecule has 0 radical (unpaired) electrons. The van der Waals surface area contributed by atoms with E-state index in [4.69, 9.17) is 16.3 Å². The largest absolute Gasteiger partial charge is 0.492 e. The summed E-state index contributed by atoms with van der Waals surface area (Å²) in [6.07, 6.45) is 7.10. The number of aromatic amines is 1. The van der Waals surface area contributed by atoms with Crippen LogP contribution in [0.25, 0.3) is 11.4 Å². The number of nitrogens with zero attached hydrogens (tertiary/aromatic N) is 3. The Hall–Kier alpha value is -2.57. The molecular weight excluding hydrogens is 268 g/mol. The van der Waals surface area contributed by atoms with E-state index in [0.717, 1.165) is 42.8 Å². The van der Waals surface area contributed by atoms with Crippen LogP contribution in [-0.2, 0) is 0 Å². The molecule has 2 rings (SSSR count). The van der Waals surface area contributed by atoms with Gasteiger partial charge in [-0.25, -0.2) is 0 Å². The number of nitrogens with one attached hydrogen (secondary N) is 1. The van der Waals surface area contributed by atoms with Crippen molar-refractivity contribution in [1.29, 1.82) is 0 Å². The van der Waals surface area contributed by atoms with Gasteiger partial charge in [-0.3, -0.25) is 10.1 Å². The Kier molecular flexibility index (Phi) is 5.57. The van der Waals surface area contributed by atoms with Crippen LogP contribution in [-0.4, -0.2) is 27.6 Å².